The Morgan fingerprint density at radius 3 is 2.62 bits per heavy atom. The number of carboxylic acids is 1. The van der Waals surface area contributed by atoms with Crippen LogP contribution < -0.4 is 0 Å². The maximum Gasteiger partial charge on any atom is 0.410 e. The highest BCUT2D eigenvalue weighted by atomic mass is 16.6. The first-order valence-electron chi connectivity index (χ1n) is 5.15. The van der Waals surface area contributed by atoms with E-state index in [1.807, 2.05) is 0 Å². The minimum atomic E-state index is -0.878. The van der Waals surface area contributed by atoms with Gasteiger partial charge in [-0.3, -0.25) is 4.79 Å². The highest BCUT2D eigenvalue weighted by Gasteiger charge is 2.25. The van der Waals surface area contributed by atoms with Crippen molar-refractivity contribution in [2.24, 2.45) is 0 Å². The predicted molar refractivity (Wildman–Crippen MR) is 58.1 cm³/mol. The summed E-state index contributed by atoms with van der Waals surface area (Å²) in [5, 5.41) is 8.61. The van der Waals surface area contributed by atoms with Crippen LogP contribution in [0.2, 0.25) is 0 Å². The molecule has 0 aromatic rings. The Kier molecular flexibility index (Phi) is 3.57. The molecule has 1 amide bonds. The van der Waals surface area contributed by atoms with Gasteiger partial charge in [0, 0.05) is 13.1 Å². The highest BCUT2D eigenvalue weighted by molar-refractivity contribution is 5.73. The monoisotopic (exact) mass is 227 g/mol. The number of nitrogens with zero attached hydrogens (tertiary/aromatic N) is 1. The predicted octanol–water partition coefficient (Wildman–Crippen LogP) is 1.64. The number of hydrogen-bond donors (Lipinski definition) is 1. The Morgan fingerprint density at radius 2 is 2.12 bits per heavy atom. The molecule has 0 aromatic carbocycles. The molecule has 0 saturated heterocycles. The smallest absolute Gasteiger partial charge is 0.410 e. The molecule has 1 N–H and O–H groups in total. The fourth-order valence-electron chi connectivity index (χ4n) is 1.40. The van der Waals surface area contributed by atoms with Crippen LogP contribution in [0.5, 0.6) is 0 Å². The minimum Gasteiger partial charge on any atom is -0.481 e. The van der Waals surface area contributed by atoms with E-state index in [-0.39, 0.29) is 6.42 Å². The zero-order chi connectivity index (χ0) is 12.3. The SMILES string of the molecule is CC(C)(C)OC(=O)N1CC=C(CC(=O)O)C1. The van der Waals surface area contributed by atoms with E-state index in [9.17, 15) is 9.59 Å². The number of carbonyl (C=O) groups is 2. The van der Waals surface area contributed by atoms with Gasteiger partial charge in [0.05, 0.1) is 6.42 Å². The van der Waals surface area contributed by atoms with Gasteiger partial charge in [0.2, 0.25) is 0 Å². The Labute approximate surface area is 94.7 Å². The van der Waals surface area contributed by atoms with Crippen molar-refractivity contribution in [3.8, 4) is 0 Å². The van der Waals surface area contributed by atoms with E-state index >= 15 is 0 Å². The normalized spacial score (nSPS) is 15.9. The lowest BCUT2D eigenvalue weighted by molar-refractivity contribution is -0.136. The van der Waals surface area contributed by atoms with Crippen molar-refractivity contribution in [1.29, 1.82) is 0 Å². The molecule has 0 aliphatic carbocycles. The lowest BCUT2D eigenvalue weighted by Crippen LogP contribution is -2.35. The van der Waals surface area contributed by atoms with Gasteiger partial charge in [-0.1, -0.05) is 6.08 Å². The molecule has 90 valence electrons. The van der Waals surface area contributed by atoms with Crippen LogP contribution in [0.1, 0.15) is 27.2 Å². The maximum atomic E-state index is 11.6. The minimum absolute atomic E-state index is 0.0146. The van der Waals surface area contributed by atoms with Gasteiger partial charge in [-0.25, -0.2) is 4.79 Å². The summed E-state index contributed by atoms with van der Waals surface area (Å²) in [6, 6.07) is 0. The molecule has 0 unspecified atom stereocenters. The summed E-state index contributed by atoms with van der Waals surface area (Å²) < 4.78 is 5.18. The topological polar surface area (TPSA) is 66.8 Å². The van der Waals surface area contributed by atoms with E-state index in [0.717, 1.165) is 5.57 Å². The van der Waals surface area contributed by atoms with Gasteiger partial charge in [-0.15, -0.1) is 0 Å². The number of amides is 1. The summed E-state index contributed by atoms with van der Waals surface area (Å²) in [5.74, 6) is -0.878. The fraction of sp³-hybridized carbons (Fsp3) is 0.636. The summed E-state index contributed by atoms with van der Waals surface area (Å²) in [5.41, 5.74) is 0.227. The van der Waals surface area contributed by atoms with Crippen LogP contribution in [0, 0.1) is 0 Å². The van der Waals surface area contributed by atoms with E-state index in [2.05, 4.69) is 0 Å². The molecule has 0 bridgehead atoms. The first-order valence-corrected chi connectivity index (χ1v) is 5.15. The molecule has 0 aromatic heterocycles. The van der Waals surface area contributed by atoms with E-state index in [4.69, 9.17) is 9.84 Å². The van der Waals surface area contributed by atoms with Crippen molar-refractivity contribution in [2.75, 3.05) is 13.1 Å². The van der Waals surface area contributed by atoms with Gasteiger partial charge in [0.1, 0.15) is 5.60 Å². The quantitative estimate of drug-likeness (QED) is 0.728. The third-order valence-electron chi connectivity index (χ3n) is 2.02. The molecular weight excluding hydrogens is 210 g/mol. The van der Waals surface area contributed by atoms with Crippen LogP contribution in [0.25, 0.3) is 0 Å². The van der Waals surface area contributed by atoms with E-state index < -0.39 is 17.7 Å². The van der Waals surface area contributed by atoms with Gasteiger partial charge in [-0.2, -0.15) is 0 Å². The van der Waals surface area contributed by atoms with Crippen molar-refractivity contribution in [1.82, 2.24) is 4.90 Å². The number of hydrogen-bond acceptors (Lipinski definition) is 3. The van der Waals surface area contributed by atoms with Crippen LogP contribution in [-0.4, -0.2) is 40.8 Å². The molecule has 1 rings (SSSR count). The van der Waals surface area contributed by atoms with E-state index in [1.165, 1.54) is 4.90 Å². The first kappa shape index (κ1) is 12.5. The zero-order valence-corrected chi connectivity index (χ0v) is 9.82. The third-order valence-corrected chi connectivity index (χ3v) is 2.02. The van der Waals surface area contributed by atoms with Crippen molar-refractivity contribution >= 4 is 12.1 Å². The lowest BCUT2D eigenvalue weighted by Gasteiger charge is -2.24. The summed E-state index contributed by atoms with van der Waals surface area (Å²) in [7, 11) is 0. The summed E-state index contributed by atoms with van der Waals surface area (Å²) in [6.07, 6.45) is 1.35. The van der Waals surface area contributed by atoms with Gasteiger partial charge in [0.25, 0.3) is 0 Å². The van der Waals surface area contributed by atoms with Gasteiger partial charge < -0.3 is 14.7 Å². The molecule has 0 saturated carbocycles. The molecule has 5 nitrogen and oxygen atoms in total. The van der Waals surface area contributed by atoms with Crippen LogP contribution in [0.15, 0.2) is 11.6 Å². The summed E-state index contributed by atoms with van der Waals surface area (Å²) >= 11 is 0. The maximum absolute atomic E-state index is 11.6. The summed E-state index contributed by atoms with van der Waals surface area (Å²) in [6.45, 7) is 6.17. The molecule has 1 aliphatic heterocycles. The first-order chi connectivity index (χ1) is 7.28. The summed E-state index contributed by atoms with van der Waals surface area (Å²) in [4.78, 5) is 23.6. The number of carbonyl (C=O) groups excluding carboxylic acids is 1. The number of ether oxygens (including phenoxy) is 1. The Bertz CT molecular complexity index is 327. The second-order valence-electron chi connectivity index (χ2n) is 4.79. The molecule has 1 aliphatic rings. The third kappa shape index (κ3) is 3.92. The van der Waals surface area contributed by atoms with Gasteiger partial charge in [0.15, 0.2) is 0 Å². The number of carboxylic acid groups (broad SMARTS) is 1. The lowest BCUT2D eigenvalue weighted by atomic mass is 10.2. The fourth-order valence-corrected chi connectivity index (χ4v) is 1.40. The van der Waals surface area contributed by atoms with E-state index in [0.29, 0.717) is 13.1 Å². The molecule has 0 fully saturated rings. The van der Waals surface area contributed by atoms with Crippen LogP contribution in [-0.2, 0) is 9.53 Å². The Balaban J connectivity index is 2.44. The average molecular weight is 227 g/mol. The van der Waals surface area contributed by atoms with Crippen LogP contribution >= 0.6 is 0 Å². The average Bonchev–Trinajstić information content (AvgIpc) is 2.48. The number of aliphatic carboxylic acids is 1. The van der Waals surface area contributed by atoms with Crippen LogP contribution in [0.4, 0.5) is 4.79 Å². The highest BCUT2D eigenvalue weighted by Crippen LogP contribution is 2.16. The van der Waals surface area contributed by atoms with E-state index in [1.54, 1.807) is 26.8 Å². The van der Waals surface area contributed by atoms with Crippen molar-refractivity contribution in [3.05, 3.63) is 11.6 Å². The zero-order valence-electron chi connectivity index (χ0n) is 9.82. The van der Waals surface area contributed by atoms with Crippen molar-refractivity contribution in [2.45, 2.75) is 32.8 Å². The standard InChI is InChI=1S/C11H17NO4/c1-11(2,3)16-10(15)12-5-4-8(7-12)6-9(13)14/h4H,5-7H2,1-3H3,(H,13,14). The molecule has 1 heterocycles. The molecule has 5 heteroatoms. The van der Waals surface area contributed by atoms with Crippen LogP contribution in [0.3, 0.4) is 0 Å². The van der Waals surface area contributed by atoms with Crippen molar-refractivity contribution < 1.29 is 19.4 Å². The largest absolute Gasteiger partial charge is 0.481 e. The molecule has 16 heavy (non-hydrogen) atoms. The van der Waals surface area contributed by atoms with Gasteiger partial charge in [-0.05, 0) is 26.3 Å². The Hall–Kier alpha value is -1.52. The Morgan fingerprint density at radius 1 is 1.50 bits per heavy atom. The van der Waals surface area contributed by atoms with Crippen molar-refractivity contribution in [3.63, 3.8) is 0 Å². The second-order valence-corrected chi connectivity index (χ2v) is 4.79. The molecule has 0 spiro atoms. The van der Waals surface area contributed by atoms with Gasteiger partial charge >= 0.3 is 12.1 Å². The number of rotatable bonds is 2. The second kappa shape index (κ2) is 4.55. The molecule has 0 radical (unpaired) electrons. The molecular formula is C11H17NO4. The molecule has 0 atom stereocenters.